The highest BCUT2D eigenvalue weighted by Crippen LogP contribution is 2.05. The van der Waals surface area contributed by atoms with Gasteiger partial charge in [0.25, 0.3) is 0 Å². The van der Waals surface area contributed by atoms with E-state index in [2.05, 4.69) is 5.32 Å². The smallest absolute Gasteiger partial charge is 0.319 e. The van der Waals surface area contributed by atoms with Crippen LogP contribution in [0.3, 0.4) is 0 Å². The molecular formula is C12H24N4O3. The second-order valence-electron chi connectivity index (χ2n) is 4.82. The Bertz CT molecular complexity index is 311. The van der Waals surface area contributed by atoms with Crippen LogP contribution in [0, 0.1) is 0 Å². The number of carbonyl (C=O) groups excluding carboxylic acids is 1. The Balaban J connectivity index is 2.43. The van der Waals surface area contributed by atoms with Crippen LogP contribution in [0.4, 0.5) is 4.79 Å². The van der Waals surface area contributed by atoms with E-state index in [1.165, 1.54) is 0 Å². The van der Waals surface area contributed by atoms with Crippen molar-refractivity contribution in [3.05, 3.63) is 0 Å². The Kier molecular flexibility index (Phi) is 6.58. The predicted molar refractivity (Wildman–Crippen MR) is 72.2 cm³/mol. The molecule has 0 unspecified atom stereocenters. The average Bonchev–Trinajstić information content (AvgIpc) is 2.60. The molecule has 7 heteroatoms. The van der Waals surface area contributed by atoms with E-state index in [0.717, 1.165) is 19.5 Å². The lowest BCUT2D eigenvalue weighted by Crippen LogP contribution is -2.45. The number of nitrogens with zero attached hydrogens (tertiary/aromatic N) is 3. The molecule has 0 aromatic rings. The number of carboxylic acids is 1. The Hall–Kier alpha value is -1.34. The van der Waals surface area contributed by atoms with Gasteiger partial charge >= 0.3 is 12.0 Å². The van der Waals surface area contributed by atoms with Crippen LogP contribution >= 0.6 is 0 Å². The van der Waals surface area contributed by atoms with Gasteiger partial charge < -0.3 is 20.2 Å². The van der Waals surface area contributed by atoms with Gasteiger partial charge in [0, 0.05) is 46.3 Å². The third-order valence-electron chi connectivity index (χ3n) is 3.24. The molecule has 110 valence electrons. The SMILES string of the molecule is CNCCN(C)C(=O)N1CCCN(CC(=O)O)CC1. The number of urea groups is 1. The van der Waals surface area contributed by atoms with Crippen molar-refractivity contribution in [2.45, 2.75) is 6.42 Å². The van der Waals surface area contributed by atoms with Crippen molar-refractivity contribution in [1.82, 2.24) is 20.0 Å². The zero-order chi connectivity index (χ0) is 14.3. The standard InChI is InChI=1S/C12H24N4O3/c1-13-4-7-14(2)12(19)16-6-3-5-15(8-9-16)10-11(17)18/h13H,3-10H2,1-2H3,(H,17,18). The van der Waals surface area contributed by atoms with Gasteiger partial charge in [-0.05, 0) is 13.5 Å². The lowest BCUT2D eigenvalue weighted by molar-refractivity contribution is -0.138. The lowest BCUT2D eigenvalue weighted by atomic mass is 10.4. The molecule has 0 spiro atoms. The highest BCUT2D eigenvalue weighted by atomic mass is 16.4. The van der Waals surface area contributed by atoms with Crippen LogP contribution < -0.4 is 5.32 Å². The molecule has 1 aliphatic heterocycles. The van der Waals surface area contributed by atoms with Crippen molar-refractivity contribution in [2.24, 2.45) is 0 Å². The van der Waals surface area contributed by atoms with Crippen molar-refractivity contribution in [1.29, 1.82) is 0 Å². The molecule has 1 rings (SSSR count). The molecule has 2 amide bonds. The summed E-state index contributed by atoms with van der Waals surface area (Å²) in [5.74, 6) is -0.814. The van der Waals surface area contributed by atoms with Gasteiger partial charge in [0.05, 0.1) is 6.54 Å². The summed E-state index contributed by atoms with van der Waals surface area (Å²) in [6.07, 6.45) is 0.818. The maximum absolute atomic E-state index is 12.2. The summed E-state index contributed by atoms with van der Waals surface area (Å²) in [5.41, 5.74) is 0. The van der Waals surface area contributed by atoms with Gasteiger partial charge in [0.1, 0.15) is 0 Å². The minimum Gasteiger partial charge on any atom is -0.480 e. The minimum atomic E-state index is -0.814. The lowest BCUT2D eigenvalue weighted by Gasteiger charge is -2.27. The summed E-state index contributed by atoms with van der Waals surface area (Å²) in [5, 5.41) is 11.8. The Labute approximate surface area is 114 Å². The summed E-state index contributed by atoms with van der Waals surface area (Å²) < 4.78 is 0. The van der Waals surface area contributed by atoms with E-state index in [0.29, 0.717) is 26.2 Å². The number of rotatable bonds is 5. The quantitative estimate of drug-likeness (QED) is 0.695. The fourth-order valence-corrected chi connectivity index (χ4v) is 2.13. The Morgan fingerprint density at radius 1 is 1.26 bits per heavy atom. The van der Waals surface area contributed by atoms with E-state index in [1.54, 1.807) is 16.8 Å². The number of likely N-dealkylation sites (N-methyl/N-ethyl adjacent to an activating group) is 2. The van der Waals surface area contributed by atoms with Gasteiger partial charge in [-0.25, -0.2) is 4.79 Å². The van der Waals surface area contributed by atoms with Crippen molar-refractivity contribution < 1.29 is 14.7 Å². The van der Waals surface area contributed by atoms with Crippen LogP contribution in [-0.2, 0) is 4.79 Å². The van der Waals surface area contributed by atoms with Gasteiger partial charge in [-0.3, -0.25) is 9.69 Å². The molecule has 1 heterocycles. The molecule has 0 saturated carbocycles. The third kappa shape index (κ3) is 5.44. The highest BCUT2D eigenvalue weighted by Gasteiger charge is 2.22. The molecule has 0 radical (unpaired) electrons. The maximum Gasteiger partial charge on any atom is 0.319 e. The molecule has 0 aromatic heterocycles. The molecule has 7 nitrogen and oxygen atoms in total. The van der Waals surface area contributed by atoms with Crippen LogP contribution in [0.15, 0.2) is 0 Å². The Morgan fingerprint density at radius 2 is 2.00 bits per heavy atom. The Morgan fingerprint density at radius 3 is 2.63 bits per heavy atom. The van der Waals surface area contributed by atoms with E-state index in [1.807, 2.05) is 11.9 Å². The van der Waals surface area contributed by atoms with Crippen LogP contribution in [0.5, 0.6) is 0 Å². The van der Waals surface area contributed by atoms with Gasteiger partial charge in [-0.2, -0.15) is 0 Å². The van der Waals surface area contributed by atoms with E-state index in [9.17, 15) is 9.59 Å². The number of nitrogens with one attached hydrogen (secondary N) is 1. The summed E-state index contributed by atoms with van der Waals surface area (Å²) in [6, 6.07) is 0.0208. The molecular weight excluding hydrogens is 248 g/mol. The molecule has 1 fully saturated rings. The molecule has 19 heavy (non-hydrogen) atoms. The predicted octanol–water partition coefficient (Wildman–Crippen LogP) is -0.650. The van der Waals surface area contributed by atoms with Gasteiger partial charge in [-0.1, -0.05) is 0 Å². The number of hydrogen-bond donors (Lipinski definition) is 2. The monoisotopic (exact) mass is 272 g/mol. The first kappa shape index (κ1) is 15.7. The van der Waals surface area contributed by atoms with Crippen molar-refractivity contribution in [2.75, 3.05) is 59.9 Å². The number of carboxylic acid groups (broad SMARTS) is 1. The van der Waals surface area contributed by atoms with Crippen LogP contribution in [0.25, 0.3) is 0 Å². The molecule has 1 aliphatic rings. The second kappa shape index (κ2) is 7.96. The summed E-state index contributed by atoms with van der Waals surface area (Å²) >= 11 is 0. The summed E-state index contributed by atoms with van der Waals surface area (Å²) in [7, 11) is 3.65. The average molecular weight is 272 g/mol. The molecule has 2 N–H and O–H groups in total. The third-order valence-corrected chi connectivity index (χ3v) is 3.24. The molecule has 1 saturated heterocycles. The largest absolute Gasteiger partial charge is 0.480 e. The van der Waals surface area contributed by atoms with E-state index < -0.39 is 5.97 Å². The van der Waals surface area contributed by atoms with Gasteiger partial charge in [0.2, 0.25) is 0 Å². The van der Waals surface area contributed by atoms with Crippen molar-refractivity contribution in [3.8, 4) is 0 Å². The fourth-order valence-electron chi connectivity index (χ4n) is 2.13. The first-order chi connectivity index (χ1) is 9.04. The topological polar surface area (TPSA) is 76.1 Å². The summed E-state index contributed by atoms with van der Waals surface area (Å²) in [6.45, 7) is 4.13. The van der Waals surface area contributed by atoms with Gasteiger partial charge in [0.15, 0.2) is 0 Å². The summed E-state index contributed by atoms with van der Waals surface area (Å²) in [4.78, 5) is 28.2. The first-order valence-electron chi connectivity index (χ1n) is 6.63. The van der Waals surface area contributed by atoms with Crippen LogP contribution in [0.1, 0.15) is 6.42 Å². The van der Waals surface area contributed by atoms with Crippen molar-refractivity contribution in [3.63, 3.8) is 0 Å². The first-order valence-corrected chi connectivity index (χ1v) is 6.63. The van der Waals surface area contributed by atoms with Crippen LogP contribution in [0.2, 0.25) is 0 Å². The zero-order valence-electron chi connectivity index (χ0n) is 11.8. The number of amides is 2. The highest BCUT2D eigenvalue weighted by molar-refractivity contribution is 5.74. The normalized spacial score (nSPS) is 17.1. The van der Waals surface area contributed by atoms with E-state index >= 15 is 0 Å². The fraction of sp³-hybridized carbons (Fsp3) is 0.833. The molecule has 0 bridgehead atoms. The van der Waals surface area contributed by atoms with E-state index in [4.69, 9.17) is 5.11 Å². The number of aliphatic carboxylic acids is 1. The minimum absolute atomic E-state index is 0.0208. The second-order valence-corrected chi connectivity index (χ2v) is 4.82. The van der Waals surface area contributed by atoms with Crippen LogP contribution in [-0.4, -0.2) is 91.7 Å². The number of carbonyl (C=O) groups is 2. The van der Waals surface area contributed by atoms with Gasteiger partial charge in [-0.15, -0.1) is 0 Å². The zero-order valence-corrected chi connectivity index (χ0v) is 11.8. The number of hydrogen-bond acceptors (Lipinski definition) is 4. The molecule has 0 aliphatic carbocycles. The maximum atomic E-state index is 12.2. The molecule has 0 atom stereocenters. The molecule has 0 aromatic carbocycles. The van der Waals surface area contributed by atoms with E-state index in [-0.39, 0.29) is 12.6 Å². The van der Waals surface area contributed by atoms with Crippen molar-refractivity contribution >= 4 is 12.0 Å².